The average molecular weight is 222 g/mol. The monoisotopic (exact) mass is 222 g/mol. The van der Waals surface area contributed by atoms with Gasteiger partial charge in [0.2, 0.25) is 0 Å². The maximum atomic E-state index is 9.19. The second kappa shape index (κ2) is 5.58. The van der Waals surface area contributed by atoms with Crippen LogP contribution in [0.3, 0.4) is 0 Å². The highest BCUT2D eigenvalue weighted by Crippen LogP contribution is 2.16. The molecule has 0 saturated carbocycles. The van der Waals surface area contributed by atoms with Crippen molar-refractivity contribution in [3.8, 4) is 11.5 Å². The van der Waals surface area contributed by atoms with Gasteiger partial charge >= 0.3 is 7.12 Å². The lowest BCUT2D eigenvalue weighted by atomic mass is 9.79. The van der Waals surface area contributed by atoms with Crippen molar-refractivity contribution in [3.63, 3.8) is 0 Å². The summed E-state index contributed by atoms with van der Waals surface area (Å²) in [6.45, 7) is 5.87. The van der Waals surface area contributed by atoms with E-state index < -0.39 is 7.12 Å². The third-order valence-electron chi connectivity index (χ3n) is 1.97. The molecule has 1 aromatic rings. The second-order valence-corrected chi connectivity index (χ2v) is 3.52. The van der Waals surface area contributed by atoms with Crippen molar-refractivity contribution in [1.29, 1.82) is 0 Å². The van der Waals surface area contributed by atoms with Crippen LogP contribution in [0.4, 0.5) is 0 Å². The first kappa shape index (κ1) is 12.6. The van der Waals surface area contributed by atoms with Gasteiger partial charge in [0.25, 0.3) is 0 Å². The minimum atomic E-state index is -1.59. The van der Waals surface area contributed by atoms with Gasteiger partial charge in [-0.1, -0.05) is 6.58 Å². The highest BCUT2D eigenvalue weighted by Gasteiger charge is 2.18. The second-order valence-electron chi connectivity index (χ2n) is 3.52. The standard InChI is InChI=1S/C11H15BO4/c1-8(2)7-16-11-5-4-9(15-3)6-10(11)12(13)14/h4-6,13-14H,1,7H2,2-3H3. The highest BCUT2D eigenvalue weighted by atomic mass is 16.5. The Morgan fingerprint density at radius 1 is 1.44 bits per heavy atom. The molecule has 0 saturated heterocycles. The van der Waals surface area contributed by atoms with Crippen LogP contribution in [0, 0.1) is 0 Å². The van der Waals surface area contributed by atoms with Gasteiger partial charge in [-0.3, -0.25) is 0 Å². The van der Waals surface area contributed by atoms with Crippen LogP contribution in [0.5, 0.6) is 11.5 Å². The molecule has 0 aromatic heterocycles. The van der Waals surface area contributed by atoms with Crippen LogP contribution in [-0.4, -0.2) is 30.9 Å². The molecule has 0 atom stereocenters. The number of methoxy groups -OCH3 is 1. The molecule has 0 heterocycles. The van der Waals surface area contributed by atoms with Crippen molar-refractivity contribution in [2.75, 3.05) is 13.7 Å². The molecule has 4 nitrogen and oxygen atoms in total. The van der Waals surface area contributed by atoms with Gasteiger partial charge in [-0.05, 0) is 30.7 Å². The lowest BCUT2D eigenvalue weighted by Crippen LogP contribution is -2.31. The molecule has 5 heteroatoms. The Hall–Kier alpha value is -1.46. The van der Waals surface area contributed by atoms with Crippen LogP contribution >= 0.6 is 0 Å². The molecular weight excluding hydrogens is 207 g/mol. The summed E-state index contributed by atoms with van der Waals surface area (Å²) in [5.41, 5.74) is 1.13. The minimum Gasteiger partial charge on any atom is -0.497 e. The van der Waals surface area contributed by atoms with Crippen LogP contribution < -0.4 is 14.9 Å². The first-order valence-corrected chi connectivity index (χ1v) is 4.86. The summed E-state index contributed by atoms with van der Waals surface area (Å²) in [5, 5.41) is 18.4. The summed E-state index contributed by atoms with van der Waals surface area (Å²) >= 11 is 0. The molecule has 1 aromatic carbocycles. The van der Waals surface area contributed by atoms with Gasteiger partial charge in [0, 0.05) is 5.46 Å². The molecule has 0 aliphatic rings. The minimum absolute atomic E-state index is 0.278. The number of hydrogen-bond acceptors (Lipinski definition) is 4. The Morgan fingerprint density at radius 2 is 2.12 bits per heavy atom. The zero-order valence-corrected chi connectivity index (χ0v) is 9.43. The van der Waals surface area contributed by atoms with Gasteiger partial charge in [0.15, 0.2) is 0 Å². The van der Waals surface area contributed by atoms with E-state index in [0.717, 1.165) is 5.57 Å². The van der Waals surface area contributed by atoms with Crippen molar-refractivity contribution in [1.82, 2.24) is 0 Å². The lowest BCUT2D eigenvalue weighted by molar-refractivity contribution is 0.350. The first-order valence-electron chi connectivity index (χ1n) is 4.86. The van der Waals surface area contributed by atoms with Crippen molar-refractivity contribution < 1.29 is 19.5 Å². The van der Waals surface area contributed by atoms with Crippen LogP contribution in [0.25, 0.3) is 0 Å². The van der Waals surface area contributed by atoms with E-state index in [4.69, 9.17) is 9.47 Å². The van der Waals surface area contributed by atoms with E-state index >= 15 is 0 Å². The quantitative estimate of drug-likeness (QED) is 0.556. The predicted octanol–water partition coefficient (Wildman–Crippen LogP) is 0.330. The molecule has 0 radical (unpaired) electrons. The van der Waals surface area contributed by atoms with Crippen LogP contribution in [0.15, 0.2) is 30.4 Å². The van der Waals surface area contributed by atoms with Crippen molar-refractivity contribution in [2.24, 2.45) is 0 Å². The van der Waals surface area contributed by atoms with Gasteiger partial charge < -0.3 is 19.5 Å². The molecule has 2 N–H and O–H groups in total. The molecule has 1 rings (SSSR count). The van der Waals surface area contributed by atoms with Gasteiger partial charge in [0.05, 0.1) is 7.11 Å². The highest BCUT2D eigenvalue weighted by molar-refractivity contribution is 6.59. The summed E-state index contributed by atoms with van der Waals surface area (Å²) in [4.78, 5) is 0. The summed E-state index contributed by atoms with van der Waals surface area (Å²) in [6, 6.07) is 4.86. The lowest BCUT2D eigenvalue weighted by Gasteiger charge is -2.12. The fourth-order valence-corrected chi connectivity index (χ4v) is 1.19. The van der Waals surface area contributed by atoms with Crippen LogP contribution in [-0.2, 0) is 0 Å². The van der Waals surface area contributed by atoms with E-state index in [1.165, 1.54) is 13.2 Å². The molecule has 0 bridgehead atoms. The molecule has 0 unspecified atom stereocenters. The van der Waals surface area contributed by atoms with E-state index in [0.29, 0.717) is 18.1 Å². The van der Waals surface area contributed by atoms with Gasteiger partial charge in [-0.25, -0.2) is 0 Å². The van der Waals surface area contributed by atoms with Crippen molar-refractivity contribution in [3.05, 3.63) is 30.4 Å². The van der Waals surface area contributed by atoms with Crippen molar-refractivity contribution in [2.45, 2.75) is 6.92 Å². The summed E-state index contributed by atoms with van der Waals surface area (Å²) in [5.74, 6) is 0.963. The van der Waals surface area contributed by atoms with E-state index in [2.05, 4.69) is 6.58 Å². The number of rotatable bonds is 5. The number of ether oxygens (including phenoxy) is 2. The molecule has 0 amide bonds. The topological polar surface area (TPSA) is 58.9 Å². The van der Waals surface area contributed by atoms with Crippen LogP contribution in [0.1, 0.15) is 6.92 Å². The Labute approximate surface area is 95.3 Å². The Balaban J connectivity index is 2.93. The fraction of sp³-hybridized carbons (Fsp3) is 0.273. The third kappa shape index (κ3) is 3.29. The number of hydrogen-bond donors (Lipinski definition) is 2. The normalized spacial score (nSPS) is 9.75. The molecule has 16 heavy (non-hydrogen) atoms. The van der Waals surface area contributed by atoms with Gasteiger partial charge in [-0.15, -0.1) is 0 Å². The first-order chi connectivity index (χ1) is 7.54. The summed E-state index contributed by atoms with van der Waals surface area (Å²) in [7, 11) is -0.0766. The molecule has 0 spiro atoms. The fourth-order valence-electron chi connectivity index (χ4n) is 1.19. The Bertz CT molecular complexity index is 376. The molecule has 0 fully saturated rings. The smallest absolute Gasteiger partial charge is 0.492 e. The van der Waals surface area contributed by atoms with E-state index in [9.17, 15) is 10.0 Å². The maximum absolute atomic E-state index is 9.19. The third-order valence-corrected chi connectivity index (χ3v) is 1.97. The van der Waals surface area contributed by atoms with E-state index in [1.807, 2.05) is 6.92 Å². The Kier molecular flexibility index (Phi) is 4.40. The van der Waals surface area contributed by atoms with Gasteiger partial charge in [-0.2, -0.15) is 0 Å². The van der Waals surface area contributed by atoms with Crippen LogP contribution in [0.2, 0.25) is 0 Å². The van der Waals surface area contributed by atoms with Gasteiger partial charge in [0.1, 0.15) is 18.1 Å². The summed E-state index contributed by atoms with van der Waals surface area (Å²) < 4.78 is 10.4. The molecule has 86 valence electrons. The molecule has 0 aliphatic heterocycles. The SMILES string of the molecule is C=C(C)COc1ccc(OC)cc1B(O)O. The van der Waals surface area contributed by atoms with Crippen molar-refractivity contribution >= 4 is 12.6 Å². The van der Waals surface area contributed by atoms with E-state index in [-0.39, 0.29) is 5.46 Å². The zero-order chi connectivity index (χ0) is 12.1. The average Bonchev–Trinajstić information content (AvgIpc) is 2.25. The molecular formula is C11H15BO4. The zero-order valence-electron chi connectivity index (χ0n) is 9.43. The Morgan fingerprint density at radius 3 is 2.62 bits per heavy atom. The largest absolute Gasteiger partial charge is 0.497 e. The molecule has 0 aliphatic carbocycles. The predicted molar refractivity (Wildman–Crippen MR) is 63.1 cm³/mol. The van der Waals surface area contributed by atoms with E-state index in [1.54, 1.807) is 12.1 Å². The maximum Gasteiger partial charge on any atom is 0.492 e. The summed E-state index contributed by atoms with van der Waals surface area (Å²) in [6.07, 6.45) is 0. The number of benzene rings is 1.